The number of hydrogen-bond donors (Lipinski definition) is 0. The van der Waals surface area contributed by atoms with Gasteiger partial charge in [-0.2, -0.15) is 0 Å². The number of fused-ring (bicyclic) bond motifs is 7. The summed E-state index contributed by atoms with van der Waals surface area (Å²) in [7, 11) is 0. The van der Waals surface area contributed by atoms with E-state index in [9.17, 15) is 0 Å². The van der Waals surface area contributed by atoms with E-state index in [4.69, 9.17) is 14.4 Å². The van der Waals surface area contributed by atoms with Gasteiger partial charge in [0.15, 0.2) is 5.82 Å². The fraction of sp³-hybridized carbons (Fsp3) is 0. The Hall–Kier alpha value is -7.36. The molecular weight excluding hydrogens is 669 g/mol. The predicted molar refractivity (Wildman–Crippen MR) is 229 cm³/mol. The van der Waals surface area contributed by atoms with Gasteiger partial charge in [0.1, 0.15) is 11.2 Å². The Bertz CT molecular complexity index is 3250. The van der Waals surface area contributed by atoms with E-state index in [0.29, 0.717) is 5.82 Å². The van der Waals surface area contributed by atoms with Crippen molar-refractivity contribution in [1.82, 2.24) is 9.97 Å². The van der Waals surface area contributed by atoms with Crippen LogP contribution in [-0.2, 0) is 0 Å². The van der Waals surface area contributed by atoms with E-state index in [0.717, 1.165) is 61.0 Å². The van der Waals surface area contributed by atoms with Gasteiger partial charge in [-0.1, -0.05) is 170 Å². The van der Waals surface area contributed by atoms with Crippen LogP contribution in [0.15, 0.2) is 199 Å². The van der Waals surface area contributed by atoms with Crippen LogP contribution in [0.1, 0.15) is 0 Å². The molecule has 2 aromatic heterocycles. The minimum Gasteiger partial charge on any atom is -0.455 e. The lowest BCUT2D eigenvalue weighted by Gasteiger charge is -2.16. The van der Waals surface area contributed by atoms with Crippen LogP contribution in [0.3, 0.4) is 0 Å². The molecule has 0 bridgehead atoms. The van der Waals surface area contributed by atoms with Crippen LogP contribution in [0, 0.1) is 0 Å². The van der Waals surface area contributed by atoms with Gasteiger partial charge in [-0.25, -0.2) is 9.97 Å². The van der Waals surface area contributed by atoms with Crippen molar-refractivity contribution in [2.45, 2.75) is 0 Å². The van der Waals surface area contributed by atoms with Gasteiger partial charge in [0.25, 0.3) is 0 Å². The molecule has 0 unspecified atom stereocenters. The summed E-state index contributed by atoms with van der Waals surface area (Å²) in [5.41, 5.74) is 11.0. The largest absolute Gasteiger partial charge is 0.455 e. The lowest BCUT2D eigenvalue weighted by molar-refractivity contribution is 0.670. The standard InChI is InChI=1S/C52H32N2O/c1-2-13-33(14-3-1)34-25-27-35(28-26-34)52-53-48(32-49(54-52)46-23-12-22-45-44-21-10-11-24-50(44)55-51(45)46)43-30-29-42(39-18-7-8-19-40(39)43)47-31-36-15-4-5-16-37(36)38-17-6-9-20-41(38)47/h1-32H. The molecule has 11 aromatic rings. The Kier molecular flexibility index (Phi) is 7.17. The van der Waals surface area contributed by atoms with Gasteiger partial charge in [0.05, 0.1) is 11.4 Å². The van der Waals surface area contributed by atoms with E-state index in [2.05, 4.69) is 176 Å². The van der Waals surface area contributed by atoms with E-state index in [1.54, 1.807) is 0 Å². The molecule has 3 heteroatoms. The average Bonchev–Trinajstić information content (AvgIpc) is 3.65. The molecule has 0 amide bonds. The van der Waals surface area contributed by atoms with Gasteiger partial charge in [0.2, 0.25) is 0 Å². The zero-order valence-corrected chi connectivity index (χ0v) is 29.8. The quantitative estimate of drug-likeness (QED) is 0.168. The third-order valence-corrected chi connectivity index (χ3v) is 10.9. The molecule has 0 aliphatic heterocycles. The highest BCUT2D eigenvalue weighted by molar-refractivity contribution is 6.17. The highest BCUT2D eigenvalue weighted by Gasteiger charge is 2.19. The molecule has 0 saturated heterocycles. The summed E-state index contributed by atoms with van der Waals surface area (Å²) in [4.78, 5) is 10.6. The van der Waals surface area contributed by atoms with Crippen molar-refractivity contribution in [3.05, 3.63) is 194 Å². The summed E-state index contributed by atoms with van der Waals surface area (Å²) in [5, 5.41) is 9.46. The van der Waals surface area contributed by atoms with Crippen molar-refractivity contribution in [2.24, 2.45) is 0 Å². The molecule has 256 valence electrons. The maximum atomic E-state index is 6.53. The van der Waals surface area contributed by atoms with Crippen molar-refractivity contribution in [1.29, 1.82) is 0 Å². The number of benzene rings is 9. The summed E-state index contributed by atoms with van der Waals surface area (Å²) in [6.07, 6.45) is 0. The van der Waals surface area contributed by atoms with Crippen molar-refractivity contribution in [3.63, 3.8) is 0 Å². The molecule has 0 saturated carbocycles. The highest BCUT2D eigenvalue weighted by Crippen LogP contribution is 2.42. The van der Waals surface area contributed by atoms with E-state index in [1.807, 2.05) is 18.2 Å². The molecule has 2 heterocycles. The van der Waals surface area contributed by atoms with Crippen LogP contribution < -0.4 is 0 Å². The van der Waals surface area contributed by atoms with Crippen LogP contribution >= 0.6 is 0 Å². The fourth-order valence-electron chi connectivity index (χ4n) is 8.28. The smallest absolute Gasteiger partial charge is 0.160 e. The van der Waals surface area contributed by atoms with Gasteiger partial charge in [-0.15, -0.1) is 0 Å². The molecule has 9 aromatic carbocycles. The Labute approximate surface area is 317 Å². The normalized spacial score (nSPS) is 11.6. The predicted octanol–water partition coefficient (Wildman–Crippen LogP) is 14.2. The molecule has 0 atom stereocenters. The number of hydrogen-bond acceptors (Lipinski definition) is 3. The first kappa shape index (κ1) is 31.2. The molecule has 0 aliphatic carbocycles. The second-order valence-corrected chi connectivity index (χ2v) is 14.1. The van der Waals surface area contributed by atoms with Crippen LogP contribution in [0.2, 0.25) is 0 Å². The molecule has 55 heavy (non-hydrogen) atoms. The molecule has 0 aliphatic rings. The Morgan fingerprint density at radius 2 is 0.855 bits per heavy atom. The van der Waals surface area contributed by atoms with Crippen LogP contribution in [0.5, 0.6) is 0 Å². The highest BCUT2D eigenvalue weighted by atomic mass is 16.3. The van der Waals surface area contributed by atoms with E-state index < -0.39 is 0 Å². The first-order valence-electron chi connectivity index (χ1n) is 18.7. The van der Waals surface area contributed by atoms with Crippen LogP contribution in [0.4, 0.5) is 0 Å². The summed E-state index contributed by atoms with van der Waals surface area (Å²) in [5.74, 6) is 0.661. The first-order valence-corrected chi connectivity index (χ1v) is 18.7. The molecule has 0 N–H and O–H groups in total. The lowest BCUT2D eigenvalue weighted by Crippen LogP contribution is -1.97. The third kappa shape index (κ3) is 5.20. The molecule has 11 rings (SSSR count). The van der Waals surface area contributed by atoms with Crippen LogP contribution in [-0.4, -0.2) is 9.97 Å². The number of furan rings is 1. The van der Waals surface area contributed by atoms with Gasteiger partial charge >= 0.3 is 0 Å². The van der Waals surface area contributed by atoms with Gasteiger partial charge < -0.3 is 4.42 Å². The Balaban J connectivity index is 1.13. The monoisotopic (exact) mass is 700 g/mol. The second kappa shape index (κ2) is 12.6. The lowest BCUT2D eigenvalue weighted by atomic mass is 9.89. The maximum absolute atomic E-state index is 6.53. The Morgan fingerprint density at radius 1 is 0.309 bits per heavy atom. The molecule has 0 spiro atoms. The summed E-state index contributed by atoms with van der Waals surface area (Å²) >= 11 is 0. The summed E-state index contributed by atoms with van der Waals surface area (Å²) in [6.45, 7) is 0. The average molecular weight is 701 g/mol. The Morgan fingerprint density at radius 3 is 1.64 bits per heavy atom. The topological polar surface area (TPSA) is 38.9 Å². The van der Waals surface area contributed by atoms with Gasteiger partial charge in [-0.05, 0) is 78.8 Å². The van der Waals surface area contributed by atoms with E-state index in [1.165, 1.54) is 43.6 Å². The maximum Gasteiger partial charge on any atom is 0.160 e. The van der Waals surface area contributed by atoms with Gasteiger partial charge in [0, 0.05) is 27.5 Å². The zero-order chi connectivity index (χ0) is 36.3. The number of nitrogens with zero attached hydrogens (tertiary/aromatic N) is 2. The first-order chi connectivity index (χ1) is 27.3. The van der Waals surface area contributed by atoms with Crippen molar-refractivity contribution >= 4 is 54.3 Å². The SMILES string of the molecule is c1ccc(-c2ccc(-c3nc(-c4ccc(-c5cc6ccccc6c6ccccc56)c5ccccc45)cc(-c4cccc5c4oc4ccccc45)n3)cc2)cc1. The second-order valence-electron chi connectivity index (χ2n) is 14.1. The third-order valence-electron chi connectivity index (χ3n) is 10.9. The fourth-order valence-corrected chi connectivity index (χ4v) is 8.28. The van der Waals surface area contributed by atoms with Crippen LogP contribution in [0.25, 0.3) is 110 Å². The van der Waals surface area contributed by atoms with E-state index in [-0.39, 0.29) is 0 Å². The zero-order valence-electron chi connectivity index (χ0n) is 29.8. The number of rotatable bonds is 5. The van der Waals surface area contributed by atoms with Crippen molar-refractivity contribution < 1.29 is 4.42 Å². The minimum absolute atomic E-state index is 0.661. The summed E-state index contributed by atoms with van der Waals surface area (Å²) < 4.78 is 6.53. The van der Waals surface area contributed by atoms with Crippen molar-refractivity contribution in [2.75, 3.05) is 0 Å². The van der Waals surface area contributed by atoms with E-state index >= 15 is 0 Å². The van der Waals surface area contributed by atoms with Gasteiger partial charge in [-0.3, -0.25) is 0 Å². The molecule has 3 nitrogen and oxygen atoms in total. The molecule has 0 fully saturated rings. The molecule has 0 radical (unpaired) electrons. The number of aromatic nitrogens is 2. The summed E-state index contributed by atoms with van der Waals surface area (Å²) in [6, 6.07) is 68.6. The number of para-hydroxylation sites is 2. The van der Waals surface area contributed by atoms with Crippen molar-refractivity contribution in [3.8, 4) is 56.2 Å². The molecular formula is C52H32N2O. The minimum atomic E-state index is 0.661.